The minimum Gasteiger partial charge on any atom is -0.476 e. The molecule has 9 nitrogen and oxygen atoms in total. The van der Waals surface area contributed by atoms with Gasteiger partial charge in [0.15, 0.2) is 10.8 Å². The maximum Gasteiger partial charge on any atom is 0.358 e. The fourth-order valence-electron chi connectivity index (χ4n) is 1.89. The molecule has 3 rings (SSSR count). The number of anilines is 1. The highest BCUT2D eigenvalue weighted by atomic mass is 32.1. The maximum atomic E-state index is 12.0. The lowest BCUT2D eigenvalue weighted by atomic mass is 10.1. The number of carbonyl (C=O) groups is 2. The summed E-state index contributed by atoms with van der Waals surface area (Å²) in [5.74, 6) is -1.31. The topological polar surface area (TPSA) is 127 Å². The number of carbonyl (C=O) groups excluding carboxylic acids is 1. The van der Waals surface area contributed by atoms with Crippen LogP contribution in [0.15, 0.2) is 11.6 Å². The molecule has 1 fully saturated rings. The number of nitrogens with two attached hydrogens (primary N) is 1. The molecule has 0 saturated carbocycles. The second-order valence-electron chi connectivity index (χ2n) is 4.32. The molecule has 0 radical (unpaired) electrons. The lowest BCUT2D eigenvalue weighted by Crippen LogP contribution is -2.51. The van der Waals surface area contributed by atoms with Gasteiger partial charge in [-0.1, -0.05) is 5.21 Å². The first-order chi connectivity index (χ1) is 9.54. The Hall–Kier alpha value is -2.49. The monoisotopic (exact) mass is 294 g/mol. The van der Waals surface area contributed by atoms with Crippen LogP contribution in [0, 0.1) is 0 Å². The Labute approximate surface area is 116 Å². The lowest BCUT2D eigenvalue weighted by Gasteiger charge is -2.38. The minimum atomic E-state index is -1.12. The number of aromatic nitrogens is 4. The first-order valence-corrected chi connectivity index (χ1v) is 6.58. The van der Waals surface area contributed by atoms with E-state index in [1.54, 1.807) is 10.3 Å². The van der Waals surface area contributed by atoms with Crippen molar-refractivity contribution in [2.75, 3.05) is 18.8 Å². The molecule has 0 atom stereocenters. The van der Waals surface area contributed by atoms with Gasteiger partial charge in [-0.2, -0.15) is 0 Å². The predicted octanol–water partition coefficient (Wildman–Crippen LogP) is -0.288. The van der Waals surface area contributed by atoms with Crippen LogP contribution in [0.2, 0.25) is 0 Å². The summed E-state index contributed by atoms with van der Waals surface area (Å²) in [4.78, 5) is 28.2. The number of rotatable bonds is 3. The molecule has 2 aromatic rings. The van der Waals surface area contributed by atoms with Crippen LogP contribution >= 0.6 is 11.3 Å². The molecule has 2 aromatic heterocycles. The SMILES string of the molecule is Nc1nc(C(=O)N2CC(n3cc(C(=O)O)nn3)C2)cs1. The molecule has 1 saturated heterocycles. The molecular weight excluding hydrogens is 284 g/mol. The van der Waals surface area contributed by atoms with Gasteiger partial charge in [-0.05, 0) is 0 Å². The van der Waals surface area contributed by atoms with Crippen LogP contribution in [0.5, 0.6) is 0 Å². The number of likely N-dealkylation sites (tertiary alicyclic amines) is 1. The van der Waals surface area contributed by atoms with Gasteiger partial charge >= 0.3 is 5.97 Å². The van der Waals surface area contributed by atoms with Gasteiger partial charge in [0.1, 0.15) is 5.69 Å². The molecule has 20 heavy (non-hydrogen) atoms. The zero-order valence-electron chi connectivity index (χ0n) is 10.1. The third-order valence-corrected chi connectivity index (χ3v) is 3.67. The highest BCUT2D eigenvalue weighted by Crippen LogP contribution is 2.23. The molecule has 3 N–H and O–H groups in total. The molecular formula is C10H10N6O3S. The van der Waals surface area contributed by atoms with Gasteiger partial charge in [0.05, 0.1) is 12.2 Å². The van der Waals surface area contributed by atoms with Crippen molar-refractivity contribution in [1.29, 1.82) is 0 Å². The van der Waals surface area contributed by atoms with Crippen molar-refractivity contribution < 1.29 is 14.7 Å². The number of carboxylic acids is 1. The Kier molecular flexibility index (Phi) is 2.86. The van der Waals surface area contributed by atoms with Crippen molar-refractivity contribution in [2.45, 2.75) is 6.04 Å². The quantitative estimate of drug-likeness (QED) is 0.796. The Balaban J connectivity index is 1.63. The second-order valence-corrected chi connectivity index (χ2v) is 5.21. The number of nitrogens with zero attached hydrogens (tertiary/aromatic N) is 5. The average molecular weight is 294 g/mol. The fourth-order valence-corrected chi connectivity index (χ4v) is 2.43. The molecule has 0 bridgehead atoms. The lowest BCUT2D eigenvalue weighted by molar-refractivity contribution is 0.0492. The number of hydrogen-bond acceptors (Lipinski definition) is 7. The summed E-state index contributed by atoms with van der Waals surface area (Å²) < 4.78 is 1.46. The third-order valence-electron chi connectivity index (χ3n) is 2.99. The summed E-state index contributed by atoms with van der Waals surface area (Å²) in [7, 11) is 0. The van der Waals surface area contributed by atoms with Gasteiger partial charge in [-0.25, -0.2) is 14.5 Å². The number of carboxylic acid groups (broad SMARTS) is 1. The molecule has 0 aliphatic carbocycles. The van der Waals surface area contributed by atoms with Crippen molar-refractivity contribution in [2.24, 2.45) is 0 Å². The van der Waals surface area contributed by atoms with Crippen molar-refractivity contribution in [1.82, 2.24) is 24.9 Å². The Morgan fingerprint density at radius 3 is 2.70 bits per heavy atom. The molecule has 0 spiro atoms. The molecule has 1 amide bonds. The van der Waals surface area contributed by atoms with Crippen molar-refractivity contribution in [3.05, 3.63) is 23.0 Å². The number of amides is 1. The second kappa shape index (κ2) is 4.56. The van der Waals surface area contributed by atoms with Crippen LogP contribution in [0.25, 0.3) is 0 Å². The van der Waals surface area contributed by atoms with Crippen molar-refractivity contribution >= 4 is 28.3 Å². The molecule has 1 aliphatic rings. The highest BCUT2D eigenvalue weighted by Gasteiger charge is 2.34. The van der Waals surface area contributed by atoms with Crippen molar-refractivity contribution in [3.8, 4) is 0 Å². The van der Waals surface area contributed by atoms with Crippen LogP contribution < -0.4 is 5.73 Å². The van der Waals surface area contributed by atoms with Gasteiger partial charge in [-0.15, -0.1) is 16.4 Å². The van der Waals surface area contributed by atoms with Crippen LogP contribution in [-0.2, 0) is 0 Å². The van der Waals surface area contributed by atoms with Crippen LogP contribution in [0.3, 0.4) is 0 Å². The van der Waals surface area contributed by atoms with E-state index < -0.39 is 5.97 Å². The van der Waals surface area contributed by atoms with Gasteiger partial charge < -0.3 is 15.7 Å². The summed E-state index contributed by atoms with van der Waals surface area (Å²) in [6.45, 7) is 0.886. The van der Waals surface area contributed by atoms with E-state index in [1.165, 1.54) is 22.2 Å². The molecule has 10 heteroatoms. The molecule has 0 aromatic carbocycles. The highest BCUT2D eigenvalue weighted by molar-refractivity contribution is 7.13. The van der Waals surface area contributed by atoms with E-state index in [4.69, 9.17) is 10.8 Å². The zero-order valence-corrected chi connectivity index (χ0v) is 10.9. The summed E-state index contributed by atoms with van der Waals surface area (Å²) in [6, 6.07) is -0.0597. The number of aromatic carboxylic acids is 1. The van der Waals surface area contributed by atoms with E-state index >= 15 is 0 Å². The maximum absolute atomic E-state index is 12.0. The van der Waals surface area contributed by atoms with Crippen molar-refractivity contribution in [3.63, 3.8) is 0 Å². The summed E-state index contributed by atoms with van der Waals surface area (Å²) in [5, 5.41) is 18.0. The number of hydrogen-bond donors (Lipinski definition) is 2. The van der Waals surface area contributed by atoms with E-state index in [1.807, 2.05) is 0 Å². The molecule has 1 aliphatic heterocycles. The molecule has 0 unspecified atom stereocenters. The standard InChI is InChI=1S/C10H10N6O3S/c11-10-12-7(4-20-10)8(17)15-1-5(2-15)16-3-6(9(18)19)13-14-16/h3-5H,1-2H2,(H2,11,12)(H,18,19). The normalized spacial score (nSPS) is 15.1. The third kappa shape index (κ3) is 2.09. The largest absolute Gasteiger partial charge is 0.476 e. The van der Waals surface area contributed by atoms with E-state index in [2.05, 4.69) is 15.3 Å². The van der Waals surface area contributed by atoms with Gasteiger partial charge in [-0.3, -0.25) is 4.79 Å². The Morgan fingerprint density at radius 1 is 1.40 bits per heavy atom. The van der Waals surface area contributed by atoms with Crippen LogP contribution in [-0.4, -0.2) is 55.0 Å². The fraction of sp³-hybridized carbons (Fsp3) is 0.300. The summed E-state index contributed by atoms with van der Waals surface area (Å²) >= 11 is 1.21. The van der Waals surface area contributed by atoms with Crippen LogP contribution in [0.1, 0.15) is 27.0 Å². The average Bonchev–Trinajstić information content (AvgIpc) is 2.96. The van der Waals surface area contributed by atoms with Gasteiger partial charge in [0, 0.05) is 18.5 Å². The van der Waals surface area contributed by atoms with E-state index in [0.29, 0.717) is 23.9 Å². The molecule has 104 valence electrons. The Morgan fingerprint density at radius 2 is 2.15 bits per heavy atom. The number of thiazole rings is 1. The van der Waals surface area contributed by atoms with Gasteiger partial charge in [0.2, 0.25) is 0 Å². The minimum absolute atomic E-state index is 0.0597. The van der Waals surface area contributed by atoms with Crippen LogP contribution in [0.4, 0.5) is 5.13 Å². The molecule has 3 heterocycles. The first kappa shape index (κ1) is 12.5. The predicted molar refractivity (Wildman–Crippen MR) is 68.4 cm³/mol. The summed E-state index contributed by atoms with van der Waals surface area (Å²) in [5.41, 5.74) is 5.70. The first-order valence-electron chi connectivity index (χ1n) is 5.70. The van der Waals surface area contributed by atoms with Gasteiger partial charge in [0.25, 0.3) is 5.91 Å². The van der Waals surface area contributed by atoms with E-state index in [-0.39, 0.29) is 17.6 Å². The summed E-state index contributed by atoms with van der Waals surface area (Å²) in [6.07, 6.45) is 1.36. The smallest absolute Gasteiger partial charge is 0.358 e. The van der Waals surface area contributed by atoms with E-state index in [0.717, 1.165) is 0 Å². The number of nitrogen functional groups attached to an aromatic ring is 1. The zero-order chi connectivity index (χ0) is 14.3. The Bertz CT molecular complexity index is 674. The van der Waals surface area contributed by atoms with E-state index in [9.17, 15) is 9.59 Å².